The number of aromatic nitrogens is 2. The van der Waals surface area contributed by atoms with Crippen molar-refractivity contribution in [1.29, 1.82) is 0 Å². The van der Waals surface area contributed by atoms with Crippen LogP contribution in [0.1, 0.15) is 19.2 Å². The Morgan fingerprint density at radius 2 is 2.31 bits per heavy atom. The second-order valence-corrected chi connectivity index (χ2v) is 3.98. The first kappa shape index (κ1) is 12.9. The van der Waals surface area contributed by atoms with Gasteiger partial charge < -0.3 is 10.1 Å². The van der Waals surface area contributed by atoms with Gasteiger partial charge in [0.2, 0.25) is 0 Å². The highest BCUT2D eigenvalue weighted by Crippen LogP contribution is 2.13. The Labute approximate surface area is 103 Å². The van der Waals surface area contributed by atoms with Crippen molar-refractivity contribution in [2.24, 2.45) is 0 Å². The van der Waals surface area contributed by atoms with Gasteiger partial charge in [0.15, 0.2) is 0 Å². The molecular formula is C10H14BrN3O2. The van der Waals surface area contributed by atoms with E-state index in [1.54, 1.807) is 6.07 Å². The molecular weight excluding hydrogens is 274 g/mol. The molecule has 0 radical (unpaired) electrons. The lowest BCUT2D eigenvalue weighted by Gasteiger charge is -2.06. The zero-order chi connectivity index (χ0) is 12.0. The van der Waals surface area contributed by atoms with Gasteiger partial charge >= 0.3 is 5.97 Å². The summed E-state index contributed by atoms with van der Waals surface area (Å²) < 4.78 is 5.23. The maximum atomic E-state index is 10.9. The fourth-order valence-electron chi connectivity index (χ4n) is 1.13. The lowest BCUT2D eigenvalue weighted by molar-refractivity contribution is -0.138. The smallest absolute Gasteiger partial charge is 0.325 e. The van der Waals surface area contributed by atoms with Crippen molar-refractivity contribution in [1.82, 2.24) is 9.97 Å². The van der Waals surface area contributed by atoms with Gasteiger partial charge in [-0.2, -0.15) is 0 Å². The van der Waals surface area contributed by atoms with E-state index in [2.05, 4.69) is 42.9 Å². The first-order valence-electron chi connectivity index (χ1n) is 5.00. The summed E-state index contributed by atoms with van der Waals surface area (Å²) in [6.07, 6.45) is 1.79. The van der Waals surface area contributed by atoms with Gasteiger partial charge in [0.05, 0.1) is 7.11 Å². The summed E-state index contributed by atoms with van der Waals surface area (Å²) in [5.74, 6) is 1.05. The van der Waals surface area contributed by atoms with Crippen LogP contribution in [-0.2, 0) is 16.0 Å². The number of methoxy groups -OCH3 is 1. The molecule has 0 unspecified atom stereocenters. The Morgan fingerprint density at radius 3 is 2.94 bits per heavy atom. The Bertz CT molecular complexity index is 371. The van der Waals surface area contributed by atoms with E-state index >= 15 is 0 Å². The highest BCUT2D eigenvalue weighted by atomic mass is 79.9. The van der Waals surface area contributed by atoms with Crippen LogP contribution < -0.4 is 5.32 Å². The summed E-state index contributed by atoms with van der Waals surface area (Å²) in [4.78, 5) is 19.4. The number of rotatable bonds is 5. The molecule has 0 amide bonds. The average Bonchev–Trinajstić information content (AvgIpc) is 2.25. The number of nitrogens with one attached hydrogen (secondary N) is 1. The first-order chi connectivity index (χ1) is 7.65. The van der Waals surface area contributed by atoms with E-state index in [0.29, 0.717) is 10.4 Å². The van der Waals surface area contributed by atoms with E-state index in [9.17, 15) is 4.79 Å². The number of carbonyl (C=O) groups is 1. The van der Waals surface area contributed by atoms with Crippen molar-refractivity contribution in [2.75, 3.05) is 19.0 Å². The van der Waals surface area contributed by atoms with Gasteiger partial charge in [0.25, 0.3) is 0 Å². The Balaban J connectivity index is 2.68. The molecule has 1 N–H and O–H groups in total. The number of nitrogens with zero attached hydrogens (tertiary/aromatic N) is 2. The molecule has 5 nitrogen and oxygen atoms in total. The summed E-state index contributed by atoms with van der Waals surface area (Å²) in [6.45, 7) is 2.16. The molecule has 0 fully saturated rings. The van der Waals surface area contributed by atoms with Gasteiger partial charge in [0.1, 0.15) is 22.8 Å². The summed E-state index contributed by atoms with van der Waals surface area (Å²) in [5.41, 5.74) is 0. The Hall–Kier alpha value is -1.17. The van der Waals surface area contributed by atoms with Gasteiger partial charge in [-0.1, -0.05) is 6.92 Å². The molecule has 0 aliphatic rings. The Morgan fingerprint density at radius 1 is 1.56 bits per heavy atom. The van der Waals surface area contributed by atoms with E-state index in [1.807, 2.05) is 0 Å². The Kier molecular flexibility index (Phi) is 5.18. The average molecular weight is 288 g/mol. The second-order valence-electron chi connectivity index (χ2n) is 3.17. The van der Waals surface area contributed by atoms with E-state index in [4.69, 9.17) is 0 Å². The number of halogens is 1. The monoisotopic (exact) mass is 287 g/mol. The molecule has 6 heteroatoms. The molecule has 0 aliphatic heterocycles. The molecule has 0 atom stereocenters. The fraction of sp³-hybridized carbons (Fsp3) is 0.500. The largest absolute Gasteiger partial charge is 0.468 e. The van der Waals surface area contributed by atoms with Gasteiger partial charge in [0, 0.05) is 12.5 Å². The van der Waals surface area contributed by atoms with Crippen LogP contribution in [0.2, 0.25) is 0 Å². The van der Waals surface area contributed by atoms with E-state index in [0.717, 1.165) is 18.7 Å². The third-order valence-electron chi connectivity index (χ3n) is 1.86. The highest BCUT2D eigenvalue weighted by Gasteiger charge is 2.04. The molecule has 1 rings (SSSR count). The summed E-state index contributed by atoms with van der Waals surface area (Å²) in [5, 5.41) is 2.88. The summed E-state index contributed by atoms with van der Waals surface area (Å²) in [6, 6.07) is 1.72. The van der Waals surface area contributed by atoms with Crippen LogP contribution in [-0.4, -0.2) is 29.6 Å². The quantitative estimate of drug-likeness (QED) is 0.661. The third kappa shape index (κ3) is 4.14. The molecule has 0 saturated carbocycles. The zero-order valence-corrected chi connectivity index (χ0v) is 10.9. The number of aryl methyl sites for hydroxylation is 1. The van der Waals surface area contributed by atoms with Gasteiger partial charge in [-0.15, -0.1) is 0 Å². The molecule has 0 aromatic carbocycles. The number of anilines is 1. The molecule has 1 aromatic rings. The topological polar surface area (TPSA) is 64.1 Å². The van der Waals surface area contributed by atoms with Gasteiger partial charge in [-0.25, -0.2) is 9.97 Å². The maximum absolute atomic E-state index is 10.9. The molecule has 0 aliphatic carbocycles. The van der Waals surface area contributed by atoms with Crippen LogP contribution in [0.5, 0.6) is 0 Å². The number of esters is 1. The standard InChI is InChI=1S/C10H14BrN3O2/c1-3-4-8-13-7(11)5-9(14-8)12-6-10(15)16-2/h5H,3-4,6H2,1-2H3,(H,12,13,14). The second kappa shape index (κ2) is 6.42. The van der Waals surface area contributed by atoms with Crippen LogP contribution in [0.15, 0.2) is 10.7 Å². The lowest BCUT2D eigenvalue weighted by Crippen LogP contribution is -2.16. The minimum absolute atomic E-state index is 0.103. The molecule has 0 saturated heterocycles. The van der Waals surface area contributed by atoms with E-state index in [1.165, 1.54) is 7.11 Å². The van der Waals surface area contributed by atoms with Crippen molar-refractivity contribution in [3.8, 4) is 0 Å². The van der Waals surface area contributed by atoms with E-state index in [-0.39, 0.29) is 12.5 Å². The fourth-order valence-corrected chi connectivity index (χ4v) is 1.55. The van der Waals surface area contributed by atoms with Gasteiger partial charge in [-0.3, -0.25) is 4.79 Å². The third-order valence-corrected chi connectivity index (χ3v) is 2.26. The van der Waals surface area contributed by atoms with Crippen molar-refractivity contribution in [3.63, 3.8) is 0 Å². The van der Waals surface area contributed by atoms with Gasteiger partial charge in [-0.05, 0) is 22.4 Å². The van der Waals surface area contributed by atoms with Crippen molar-refractivity contribution in [3.05, 3.63) is 16.5 Å². The summed E-state index contributed by atoms with van der Waals surface area (Å²) >= 11 is 3.30. The van der Waals surface area contributed by atoms with Crippen LogP contribution in [0.3, 0.4) is 0 Å². The highest BCUT2D eigenvalue weighted by molar-refractivity contribution is 9.10. The van der Waals surface area contributed by atoms with Crippen LogP contribution in [0.4, 0.5) is 5.82 Å². The molecule has 1 aromatic heterocycles. The SMILES string of the molecule is CCCc1nc(Br)cc(NCC(=O)OC)n1. The number of hydrogen-bond donors (Lipinski definition) is 1. The lowest BCUT2D eigenvalue weighted by atomic mass is 10.3. The number of carbonyl (C=O) groups excluding carboxylic acids is 1. The minimum atomic E-state index is -0.327. The molecule has 16 heavy (non-hydrogen) atoms. The normalized spacial score (nSPS) is 9.94. The molecule has 0 bridgehead atoms. The number of hydrogen-bond acceptors (Lipinski definition) is 5. The van der Waals surface area contributed by atoms with Crippen molar-refractivity contribution >= 4 is 27.7 Å². The van der Waals surface area contributed by atoms with E-state index < -0.39 is 0 Å². The van der Waals surface area contributed by atoms with Crippen LogP contribution in [0.25, 0.3) is 0 Å². The predicted octanol–water partition coefficient (Wildman–Crippen LogP) is 1.78. The zero-order valence-electron chi connectivity index (χ0n) is 9.29. The maximum Gasteiger partial charge on any atom is 0.325 e. The van der Waals surface area contributed by atoms with Crippen LogP contribution in [0, 0.1) is 0 Å². The summed E-state index contributed by atoms with van der Waals surface area (Å²) in [7, 11) is 1.35. The minimum Gasteiger partial charge on any atom is -0.468 e. The van der Waals surface area contributed by atoms with Crippen molar-refractivity contribution in [2.45, 2.75) is 19.8 Å². The predicted molar refractivity (Wildman–Crippen MR) is 64.2 cm³/mol. The molecule has 1 heterocycles. The van der Waals surface area contributed by atoms with Crippen molar-refractivity contribution < 1.29 is 9.53 Å². The number of ether oxygens (including phenoxy) is 1. The molecule has 88 valence electrons. The molecule has 0 spiro atoms. The first-order valence-corrected chi connectivity index (χ1v) is 5.79. The van der Waals surface area contributed by atoms with Crippen LogP contribution >= 0.6 is 15.9 Å².